The molecule has 1 unspecified atom stereocenters. The zero-order valence-electron chi connectivity index (χ0n) is 14.8. The maximum absolute atomic E-state index is 12.3. The van der Waals surface area contributed by atoms with Gasteiger partial charge in [0.05, 0.1) is 30.3 Å². The molecule has 1 aliphatic heterocycles. The fourth-order valence-electron chi connectivity index (χ4n) is 3.29. The number of hydrogen-bond acceptors (Lipinski definition) is 5. The number of nitrogens with one attached hydrogen (secondary N) is 1. The number of ether oxygens (including phenoxy) is 1. The van der Waals surface area contributed by atoms with E-state index in [0.29, 0.717) is 13.0 Å². The monoisotopic (exact) mass is 359 g/mol. The second-order valence-corrected chi connectivity index (χ2v) is 7.44. The predicted octanol–water partition coefficient (Wildman–Crippen LogP) is 2.96. The molecule has 1 amide bonds. The van der Waals surface area contributed by atoms with Crippen LogP contribution in [0.5, 0.6) is 5.75 Å². The summed E-state index contributed by atoms with van der Waals surface area (Å²) in [6.07, 6.45) is 2.77. The maximum atomic E-state index is 12.3. The van der Waals surface area contributed by atoms with Crippen LogP contribution >= 0.6 is 11.3 Å². The van der Waals surface area contributed by atoms with E-state index in [-0.39, 0.29) is 11.9 Å². The largest absolute Gasteiger partial charge is 0.497 e. The van der Waals surface area contributed by atoms with Gasteiger partial charge < -0.3 is 10.1 Å². The van der Waals surface area contributed by atoms with Gasteiger partial charge in [-0.2, -0.15) is 0 Å². The smallest absolute Gasteiger partial charge is 0.226 e. The molecule has 3 rings (SSSR count). The molecule has 1 aliphatic rings. The van der Waals surface area contributed by atoms with E-state index in [0.717, 1.165) is 29.5 Å². The van der Waals surface area contributed by atoms with Crippen LogP contribution < -0.4 is 10.1 Å². The van der Waals surface area contributed by atoms with Gasteiger partial charge in [0, 0.05) is 11.9 Å². The molecule has 1 saturated heterocycles. The van der Waals surface area contributed by atoms with E-state index >= 15 is 0 Å². The first kappa shape index (κ1) is 17.9. The molecule has 0 aliphatic carbocycles. The minimum Gasteiger partial charge on any atom is -0.497 e. The third-order valence-electron chi connectivity index (χ3n) is 4.56. The second-order valence-electron chi connectivity index (χ2n) is 6.37. The highest BCUT2D eigenvalue weighted by Gasteiger charge is 2.24. The number of nitrogens with zero attached hydrogens (tertiary/aromatic N) is 2. The Morgan fingerprint density at radius 3 is 2.88 bits per heavy atom. The van der Waals surface area contributed by atoms with Crippen molar-refractivity contribution in [3.63, 3.8) is 0 Å². The van der Waals surface area contributed by atoms with Crippen LogP contribution in [0.2, 0.25) is 0 Å². The second kappa shape index (κ2) is 8.45. The molecule has 0 bridgehead atoms. The summed E-state index contributed by atoms with van der Waals surface area (Å²) in [6, 6.07) is 8.32. The third-order valence-corrected chi connectivity index (χ3v) is 5.38. The van der Waals surface area contributed by atoms with Crippen molar-refractivity contribution in [3.8, 4) is 5.75 Å². The van der Waals surface area contributed by atoms with Gasteiger partial charge in [-0.05, 0) is 50.6 Å². The Bertz CT molecular complexity index is 710. The lowest BCUT2D eigenvalue weighted by Crippen LogP contribution is -2.37. The zero-order valence-corrected chi connectivity index (χ0v) is 15.6. The zero-order chi connectivity index (χ0) is 17.6. The molecule has 1 fully saturated rings. The normalized spacial score (nSPS) is 15.9. The molecule has 1 N–H and O–H groups in total. The van der Waals surface area contributed by atoms with Crippen molar-refractivity contribution in [1.82, 2.24) is 15.2 Å². The molecule has 0 saturated carbocycles. The minimum absolute atomic E-state index is 0.0254. The van der Waals surface area contributed by atoms with Crippen molar-refractivity contribution >= 4 is 17.2 Å². The van der Waals surface area contributed by atoms with E-state index in [2.05, 4.69) is 27.3 Å². The highest BCUT2D eigenvalue weighted by Crippen LogP contribution is 2.27. The average molecular weight is 359 g/mol. The SMILES string of the molecule is COc1cccc(C(CNC(=O)Cc2csc(C)n2)N2CCCC2)c1. The van der Waals surface area contributed by atoms with E-state index in [4.69, 9.17) is 4.74 Å². The predicted molar refractivity (Wildman–Crippen MR) is 100 cm³/mol. The van der Waals surface area contributed by atoms with Crippen LogP contribution in [0.15, 0.2) is 29.6 Å². The number of amides is 1. The van der Waals surface area contributed by atoms with E-state index in [1.165, 1.54) is 18.4 Å². The van der Waals surface area contributed by atoms with Crippen molar-refractivity contribution in [1.29, 1.82) is 0 Å². The van der Waals surface area contributed by atoms with Crippen LogP contribution in [0.1, 0.15) is 35.1 Å². The van der Waals surface area contributed by atoms with Gasteiger partial charge in [-0.1, -0.05) is 12.1 Å². The number of hydrogen-bond donors (Lipinski definition) is 1. The van der Waals surface area contributed by atoms with Crippen LogP contribution in [0, 0.1) is 6.92 Å². The van der Waals surface area contributed by atoms with E-state index in [9.17, 15) is 4.79 Å². The number of carbonyl (C=O) groups is 1. The van der Waals surface area contributed by atoms with Gasteiger partial charge in [0.25, 0.3) is 0 Å². The van der Waals surface area contributed by atoms with Crippen molar-refractivity contribution in [2.75, 3.05) is 26.7 Å². The van der Waals surface area contributed by atoms with Crippen molar-refractivity contribution < 1.29 is 9.53 Å². The summed E-state index contributed by atoms with van der Waals surface area (Å²) in [5.41, 5.74) is 2.03. The Morgan fingerprint density at radius 1 is 1.40 bits per heavy atom. The molecule has 25 heavy (non-hydrogen) atoms. The Balaban J connectivity index is 1.66. The first-order chi connectivity index (χ1) is 12.2. The lowest BCUT2D eigenvalue weighted by atomic mass is 10.0. The Kier molecular flexibility index (Phi) is 6.04. The third kappa shape index (κ3) is 4.80. The summed E-state index contributed by atoms with van der Waals surface area (Å²) in [7, 11) is 1.68. The van der Waals surface area contributed by atoms with E-state index < -0.39 is 0 Å². The van der Waals surface area contributed by atoms with E-state index in [1.54, 1.807) is 18.4 Å². The topological polar surface area (TPSA) is 54.5 Å². The molecule has 134 valence electrons. The van der Waals surface area contributed by atoms with Gasteiger partial charge in [-0.25, -0.2) is 4.98 Å². The fraction of sp³-hybridized carbons (Fsp3) is 0.474. The van der Waals surface area contributed by atoms with Gasteiger partial charge in [0.2, 0.25) is 5.91 Å². The molecule has 1 aromatic carbocycles. The van der Waals surface area contributed by atoms with Crippen LogP contribution in [0.25, 0.3) is 0 Å². The maximum Gasteiger partial charge on any atom is 0.226 e. The highest BCUT2D eigenvalue weighted by atomic mass is 32.1. The number of aryl methyl sites for hydroxylation is 1. The number of carbonyl (C=O) groups excluding carboxylic acids is 1. The van der Waals surface area contributed by atoms with Gasteiger partial charge in [0.15, 0.2) is 0 Å². The van der Waals surface area contributed by atoms with Crippen molar-refractivity contribution in [2.24, 2.45) is 0 Å². The van der Waals surface area contributed by atoms with Gasteiger partial charge in [-0.15, -0.1) is 11.3 Å². The summed E-state index contributed by atoms with van der Waals surface area (Å²) in [4.78, 5) is 19.1. The minimum atomic E-state index is 0.0254. The molecule has 1 atom stereocenters. The molecule has 0 radical (unpaired) electrons. The molecule has 0 spiro atoms. The van der Waals surface area contributed by atoms with Crippen molar-refractivity contribution in [2.45, 2.75) is 32.2 Å². The van der Waals surface area contributed by atoms with Crippen LogP contribution in [0.3, 0.4) is 0 Å². The first-order valence-electron chi connectivity index (χ1n) is 8.71. The number of rotatable bonds is 7. The molecule has 1 aromatic heterocycles. The average Bonchev–Trinajstić information content (AvgIpc) is 3.27. The van der Waals surface area contributed by atoms with Crippen LogP contribution in [-0.4, -0.2) is 42.5 Å². The summed E-state index contributed by atoms with van der Waals surface area (Å²) in [6.45, 7) is 4.71. The van der Waals surface area contributed by atoms with E-state index in [1.807, 2.05) is 24.4 Å². The highest BCUT2D eigenvalue weighted by molar-refractivity contribution is 7.09. The number of likely N-dealkylation sites (tertiary alicyclic amines) is 1. The van der Waals surface area contributed by atoms with Gasteiger partial charge in [-0.3, -0.25) is 9.69 Å². The van der Waals surface area contributed by atoms with Crippen molar-refractivity contribution in [3.05, 3.63) is 45.9 Å². The molecule has 6 heteroatoms. The number of methoxy groups -OCH3 is 1. The number of thiazole rings is 1. The number of aromatic nitrogens is 1. The molecular formula is C19H25N3O2S. The quantitative estimate of drug-likeness (QED) is 0.826. The molecule has 2 heterocycles. The summed E-state index contributed by atoms with van der Waals surface area (Å²) in [5.74, 6) is 0.878. The lowest BCUT2D eigenvalue weighted by molar-refractivity contribution is -0.120. The van der Waals surface area contributed by atoms with Gasteiger partial charge in [0.1, 0.15) is 5.75 Å². The lowest BCUT2D eigenvalue weighted by Gasteiger charge is -2.28. The van der Waals surface area contributed by atoms with Crippen LogP contribution in [0.4, 0.5) is 0 Å². The van der Waals surface area contributed by atoms with Gasteiger partial charge >= 0.3 is 0 Å². The Hall–Kier alpha value is -1.92. The van der Waals surface area contributed by atoms with Crippen LogP contribution in [-0.2, 0) is 11.2 Å². The molecule has 2 aromatic rings. The first-order valence-corrected chi connectivity index (χ1v) is 9.59. The Morgan fingerprint density at radius 2 is 2.20 bits per heavy atom. The standard InChI is InChI=1S/C19H25N3O2S/c1-14-21-16(13-25-14)11-19(23)20-12-18(22-8-3-4-9-22)15-6-5-7-17(10-15)24-2/h5-7,10,13,18H,3-4,8-9,11-12H2,1-2H3,(H,20,23). The summed E-state index contributed by atoms with van der Waals surface area (Å²) in [5, 5.41) is 6.04. The summed E-state index contributed by atoms with van der Waals surface area (Å²) >= 11 is 1.58. The Labute approximate surface area is 153 Å². The molecule has 5 nitrogen and oxygen atoms in total. The number of benzene rings is 1. The fourth-order valence-corrected chi connectivity index (χ4v) is 3.90. The molecular weight excluding hydrogens is 334 g/mol. The summed E-state index contributed by atoms with van der Waals surface area (Å²) < 4.78 is 5.36.